The molecular weight excluding hydrogens is 266 g/mol. The molecular formula is C17H21NO3. The standard InChI is InChI=1S/C17H21NO3/c19-16-9-14-6-7-15(10-16)18(14)11-13-4-2-1-3-12(13)5-8-17(20)21/h1-5,8,14-16,19H,6-7,9-11H2,(H,20,21). The zero-order chi connectivity index (χ0) is 14.8. The van der Waals surface area contributed by atoms with Crippen molar-refractivity contribution in [2.75, 3.05) is 0 Å². The molecule has 21 heavy (non-hydrogen) atoms. The van der Waals surface area contributed by atoms with E-state index in [0.717, 1.165) is 43.4 Å². The Labute approximate surface area is 124 Å². The number of aliphatic hydroxyl groups excluding tert-OH is 1. The molecule has 112 valence electrons. The first kappa shape index (κ1) is 14.3. The first-order valence-corrected chi connectivity index (χ1v) is 7.56. The van der Waals surface area contributed by atoms with Gasteiger partial charge >= 0.3 is 5.97 Å². The van der Waals surface area contributed by atoms with Crippen LogP contribution in [0.1, 0.15) is 36.8 Å². The lowest BCUT2D eigenvalue weighted by molar-refractivity contribution is -0.131. The van der Waals surface area contributed by atoms with Crippen molar-refractivity contribution in [1.82, 2.24) is 4.90 Å². The zero-order valence-corrected chi connectivity index (χ0v) is 12.0. The van der Waals surface area contributed by atoms with Crippen LogP contribution in [0.4, 0.5) is 0 Å². The molecule has 0 spiro atoms. The average Bonchev–Trinajstić information content (AvgIpc) is 2.69. The molecule has 0 aliphatic carbocycles. The van der Waals surface area contributed by atoms with Gasteiger partial charge in [0.15, 0.2) is 0 Å². The number of carbonyl (C=O) groups is 1. The van der Waals surface area contributed by atoms with Gasteiger partial charge in [-0.3, -0.25) is 4.90 Å². The molecule has 2 N–H and O–H groups in total. The highest BCUT2D eigenvalue weighted by Crippen LogP contribution is 2.37. The van der Waals surface area contributed by atoms with E-state index in [-0.39, 0.29) is 6.10 Å². The fourth-order valence-corrected chi connectivity index (χ4v) is 3.70. The number of nitrogens with zero attached hydrogens (tertiary/aromatic N) is 1. The number of hydrogen-bond acceptors (Lipinski definition) is 3. The second-order valence-electron chi connectivity index (χ2n) is 6.05. The summed E-state index contributed by atoms with van der Waals surface area (Å²) in [6.07, 6.45) is 6.75. The fraction of sp³-hybridized carbons (Fsp3) is 0.471. The van der Waals surface area contributed by atoms with E-state index in [2.05, 4.69) is 11.0 Å². The highest BCUT2D eigenvalue weighted by atomic mass is 16.4. The van der Waals surface area contributed by atoms with Crippen molar-refractivity contribution in [2.45, 2.75) is 50.4 Å². The van der Waals surface area contributed by atoms with Crippen molar-refractivity contribution < 1.29 is 15.0 Å². The lowest BCUT2D eigenvalue weighted by Gasteiger charge is -2.37. The minimum atomic E-state index is -0.925. The maximum absolute atomic E-state index is 10.7. The number of piperidine rings is 1. The van der Waals surface area contributed by atoms with E-state index in [0.29, 0.717) is 12.1 Å². The fourth-order valence-electron chi connectivity index (χ4n) is 3.70. The lowest BCUT2D eigenvalue weighted by Crippen LogP contribution is -2.44. The van der Waals surface area contributed by atoms with E-state index in [1.165, 1.54) is 6.08 Å². The highest BCUT2D eigenvalue weighted by molar-refractivity contribution is 5.85. The summed E-state index contributed by atoms with van der Waals surface area (Å²) in [6, 6.07) is 8.88. The van der Waals surface area contributed by atoms with Crippen molar-refractivity contribution in [3.63, 3.8) is 0 Å². The van der Waals surface area contributed by atoms with Crippen molar-refractivity contribution >= 4 is 12.0 Å². The molecule has 2 bridgehead atoms. The third-order valence-electron chi connectivity index (χ3n) is 4.67. The molecule has 4 nitrogen and oxygen atoms in total. The predicted molar refractivity (Wildman–Crippen MR) is 80.7 cm³/mol. The lowest BCUT2D eigenvalue weighted by atomic mass is 9.98. The summed E-state index contributed by atoms with van der Waals surface area (Å²) in [4.78, 5) is 13.2. The Bertz CT molecular complexity index is 541. The van der Waals surface area contributed by atoms with Gasteiger partial charge in [0, 0.05) is 24.7 Å². The highest BCUT2D eigenvalue weighted by Gasteiger charge is 2.39. The molecule has 2 saturated heterocycles. The van der Waals surface area contributed by atoms with Crippen LogP contribution >= 0.6 is 0 Å². The van der Waals surface area contributed by atoms with Gasteiger partial charge in [0.25, 0.3) is 0 Å². The van der Waals surface area contributed by atoms with Crippen LogP contribution in [0.15, 0.2) is 30.3 Å². The number of carboxylic acids is 1. The van der Waals surface area contributed by atoms with Gasteiger partial charge in [-0.05, 0) is 42.9 Å². The number of aliphatic hydroxyl groups is 1. The molecule has 3 rings (SSSR count). The van der Waals surface area contributed by atoms with Crippen LogP contribution in [-0.4, -0.2) is 39.3 Å². The first-order valence-electron chi connectivity index (χ1n) is 7.56. The van der Waals surface area contributed by atoms with Crippen LogP contribution in [0, 0.1) is 0 Å². The van der Waals surface area contributed by atoms with Crippen LogP contribution in [-0.2, 0) is 11.3 Å². The molecule has 2 atom stereocenters. The number of aliphatic carboxylic acids is 1. The number of hydrogen-bond donors (Lipinski definition) is 2. The molecule has 2 heterocycles. The molecule has 2 aliphatic rings. The summed E-state index contributed by atoms with van der Waals surface area (Å²) in [7, 11) is 0. The van der Waals surface area contributed by atoms with Crippen molar-refractivity contribution in [3.8, 4) is 0 Å². The normalized spacial score (nSPS) is 29.1. The third kappa shape index (κ3) is 3.17. The summed E-state index contributed by atoms with van der Waals surface area (Å²) in [6.45, 7) is 0.836. The van der Waals surface area contributed by atoms with E-state index in [1.54, 1.807) is 6.08 Å². The zero-order valence-electron chi connectivity index (χ0n) is 12.0. The van der Waals surface area contributed by atoms with Crippen LogP contribution in [0.5, 0.6) is 0 Å². The summed E-state index contributed by atoms with van der Waals surface area (Å²) >= 11 is 0. The Morgan fingerprint density at radius 3 is 2.57 bits per heavy atom. The first-order chi connectivity index (χ1) is 10.1. The van der Waals surface area contributed by atoms with E-state index in [9.17, 15) is 9.90 Å². The van der Waals surface area contributed by atoms with Crippen molar-refractivity contribution in [3.05, 3.63) is 41.5 Å². The van der Waals surface area contributed by atoms with Gasteiger partial charge in [0.2, 0.25) is 0 Å². The average molecular weight is 287 g/mol. The predicted octanol–water partition coefficient (Wildman–Crippen LogP) is 2.27. The number of fused-ring (bicyclic) bond motifs is 2. The monoisotopic (exact) mass is 287 g/mol. The Hall–Kier alpha value is -1.65. The molecule has 1 aromatic rings. The Morgan fingerprint density at radius 2 is 1.90 bits per heavy atom. The minimum absolute atomic E-state index is 0.152. The summed E-state index contributed by atoms with van der Waals surface area (Å²) < 4.78 is 0. The van der Waals surface area contributed by atoms with Gasteiger partial charge < -0.3 is 10.2 Å². The molecule has 0 radical (unpaired) electrons. The van der Waals surface area contributed by atoms with Gasteiger partial charge in [0.1, 0.15) is 0 Å². The van der Waals surface area contributed by atoms with E-state index in [4.69, 9.17) is 5.11 Å². The topological polar surface area (TPSA) is 60.8 Å². The van der Waals surface area contributed by atoms with Crippen molar-refractivity contribution in [2.24, 2.45) is 0 Å². The largest absolute Gasteiger partial charge is 0.478 e. The summed E-state index contributed by atoms with van der Waals surface area (Å²) in [5.41, 5.74) is 2.12. The molecule has 0 aromatic heterocycles. The molecule has 0 amide bonds. The molecule has 4 heteroatoms. The second-order valence-corrected chi connectivity index (χ2v) is 6.05. The number of rotatable bonds is 4. The number of benzene rings is 1. The maximum Gasteiger partial charge on any atom is 0.328 e. The second kappa shape index (κ2) is 6.00. The molecule has 2 aliphatic heterocycles. The van der Waals surface area contributed by atoms with Crippen LogP contribution in [0.3, 0.4) is 0 Å². The maximum atomic E-state index is 10.7. The van der Waals surface area contributed by atoms with E-state index >= 15 is 0 Å². The minimum Gasteiger partial charge on any atom is -0.478 e. The van der Waals surface area contributed by atoms with Crippen LogP contribution < -0.4 is 0 Å². The Morgan fingerprint density at radius 1 is 1.24 bits per heavy atom. The summed E-state index contributed by atoms with van der Waals surface area (Å²) in [5.74, 6) is -0.925. The molecule has 0 saturated carbocycles. The molecule has 2 unspecified atom stereocenters. The third-order valence-corrected chi connectivity index (χ3v) is 4.67. The SMILES string of the molecule is O=C(O)C=Cc1ccccc1CN1C2CCC1CC(O)C2. The van der Waals surface area contributed by atoms with E-state index < -0.39 is 5.97 Å². The Kier molecular flexibility index (Phi) is 4.08. The smallest absolute Gasteiger partial charge is 0.328 e. The van der Waals surface area contributed by atoms with Gasteiger partial charge in [-0.2, -0.15) is 0 Å². The molecule has 1 aromatic carbocycles. The Balaban J connectivity index is 1.78. The number of carboxylic acid groups (broad SMARTS) is 1. The van der Waals surface area contributed by atoms with Gasteiger partial charge in [0.05, 0.1) is 6.10 Å². The van der Waals surface area contributed by atoms with Crippen molar-refractivity contribution in [1.29, 1.82) is 0 Å². The van der Waals surface area contributed by atoms with Gasteiger partial charge in [-0.15, -0.1) is 0 Å². The van der Waals surface area contributed by atoms with Crippen LogP contribution in [0.2, 0.25) is 0 Å². The van der Waals surface area contributed by atoms with Gasteiger partial charge in [-0.25, -0.2) is 4.79 Å². The quantitative estimate of drug-likeness (QED) is 0.834. The van der Waals surface area contributed by atoms with E-state index in [1.807, 2.05) is 18.2 Å². The summed E-state index contributed by atoms with van der Waals surface area (Å²) in [5, 5.41) is 18.7. The van der Waals surface area contributed by atoms with Crippen LogP contribution in [0.25, 0.3) is 6.08 Å². The molecule has 2 fully saturated rings. The van der Waals surface area contributed by atoms with Gasteiger partial charge in [-0.1, -0.05) is 24.3 Å².